The van der Waals surface area contributed by atoms with E-state index in [2.05, 4.69) is 36.0 Å². The van der Waals surface area contributed by atoms with Crippen molar-refractivity contribution < 1.29 is 9.53 Å². The van der Waals surface area contributed by atoms with Gasteiger partial charge < -0.3 is 19.5 Å². The molecule has 4 heterocycles. The van der Waals surface area contributed by atoms with Crippen molar-refractivity contribution >= 4 is 28.7 Å². The van der Waals surface area contributed by atoms with Crippen molar-refractivity contribution in [2.45, 2.75) is 38.6 Å². The van der Waals surface area contributed by atoms with Crippen molar-refractivity contribution in [1.82, 2.24) is 30.0 Å². The van der Waals surface area contributed by atoms with Gasteiger partial charge in [-0.25, -0.2) is 9.97 Å². The number of carbonyl (C=O) groups is 1. The van der Waals surface area contributed by atoms with Crippen molar-refractivity contribution in [3.05, 3.63) is 30.1 Å². The zero-order valence-electron chi connectivity index (χ0n) is 16.3. The molecule has 1 fully saturated rings. The van der Waals surface area contributed by atoms with Crippen LogP contribution in [0.2, 0.25) is 0 Å². The second-order valence-corrected chi connectivity index (χ2v) is 7.42. The highest BCUT2D eigenvalue weighted by Gasteiger charge is 2.28. The number of pyridine rings is 1. The molecule has 0 atom stereocenters. The van der Waals surface area contributed by atoms with E-state index < -0.39 is 0 Å². The molecule has 0 unspecified atom stereocenters. The van der Waals surface area contributed by atoms with E-state index in [0.29, 0.717) is 18.5 Å². The second kappa shape index (κ2) is 7.31. The van der Waals surface area contributed by atoms with Crippen LogP contribution >= 0.6 is 0 Å². The number of aromatic nitrogens is 5. The molecule has 2 aliphatic rings. The summed E-state index contributed by atoms with van der Waals surface area (Å²) >= 11 is 0. The summed E-state index contributed by atoms with van der Waals surface area (Å²) < 4.78 is 7.58. The third-order valence-corrected chi connectivity index (χ3v) is 5.26. The molecule has 9 nitrogen and oxygen atoms in total. The van der Waals surface area contributed by atoms with Gasteiger partial charge in [0.1, 0.15) is 11.3 Å². The summed E-state index contributed by atoms with van der Waals surface area (Å²) in [7, 11) is 0. The maximum Gasteiger partial charge on any atom is 0.257 e. The first-order valence-electron chi connectivity index (χ1n) is 10.1. The molecule has 1 saturated carbocycles. The van der Waals surface area contributed by atoms with Gasteiger partial charge in [0.15, 0.2) is 18.1 Å². The van der Waals surface area contributed by atoms with E-state index >= 15 is 0 Å². The van der Waals surface area contributed by atoms with Crippen LogP contribution in [0.15, 0.2) is 24.5 Å². The van der Waals surface area contributed by atoms with Crippen LogP contribution in [0.4, 0.5) is 11.6 Å². The van der Waals surface area contributed by atoms with Crippen molar-refractivity contribution in [3.8, 4) is 5.88 Å². The summed E-state index contributed by atoms with van der Waals surface area (Å²) in [4.78, 5) is 23.1. The van der Waals surface area contributed by atoms with Crippen LogP contribution in [0.5, 0.6) is 5.88 Å². The number of ether oxygens (including phenoxy) is 1. The zero-order chi connectivity index (χ0) is 19.8. The first kappa shape index (κ1) is 17.8. The molecule has 1 aliphatic carbocycles. The molecule has 1 N–H and O–H groups in total. The minimum atomic E-state index is -0.177. The van der Waals surface area contributed by atoms with Gasteiger partial charge in [-0.2, -0.15) is 0 Å². The Morgan fingerprint density at radius 2 is 2.21 bits per heavy atom. The van der Waals surface area contributed by atoms with Crippen LogP contribution < -0.4 is 15.0 Å². The van der Waals surface area contributed by atoms with Crippen molar-refractivity contribution in [1.29, 1.82) is 0 Å². The van der Waals surface area contributed by atoms with Gasteiger partial charge >= 0.3 is 0 Å². The molecule has 1 amide bonds. The highest BCUT2D eigenvalue weighted by atomic mass is 16.5. The molecule has 0 spiro atoms. The van der Waals surface area contributed by atoms with Gasteiger partial charge in [-0.1, -0.05) is 0 Å². The van der Waals surface area contributed by atoms with Crippen LogP contribution in [0.1, 0.15) is 37.8 Å². The van der Waals surface area contributed by atoms with E-state index in [1.165, 1.54) is 18.4 Å². The van der Waals surface area contributed by atoms with Gasteiger partial charge in [0.05, 0.1) is 6.33 Å². The van der Waals surface area contributed by atoms with Crippen molar-refractivity contribution in [3.63, 3.8) is 0 Å². The maximum absolute atomic E-state index is 11.5. The molecule has 5 rings (SSSR count). The summed E-state index contributed by atoms with van der Waals surface area (Å²) in [6.07, 6.45) is 6.28. The molecule has 0 bridgehead atoms. The number of carbonyl (C=O) groups excluding carboxylic acids is 1. The molecule has 3 aromatic rings. The number of hydrogen-bond donors (Lipinski definition) is 1. The Morgan fingerprint density at radius 3 is 2.97 bits per heavy atom. The Labute approximate surface area is 168 Å². The van der Waals surface area contributed by atoms with E-state index in [1.807, 2.05) is 19.3 Å². The number of likely N-dealkylation sites (N-methyl/N-ethyl adjacent to an activating group) is 1. The molecule has 9 heteroatoms. The lowest BCUT2D eigenvalue weighted by Gasteiger charge is -2.28. The van der Waals surface area contributed by atoms with Crippen molar-refractivity contribution in [2.75, 3.05) is 24.6 Å². The number of rotatable bonds is 6. The average Bonchev–Trinajstić information content (AvgIpc) is 3.51. The monoisotopic (exact) mass is 393 g/mol. The lowest BCUT2D eigenvalue weighted by Crippen LogP contribution is -2.29. The minimum absolute atomic E-state index is 0.0703. The lowest BCUT2D eigenvalue weighted by molar-refractivity contribution is -0.123. The zero-order valence-corrected chi connectivity index (χ0v) is 16.3. The van der Waals surface area contributed by atoms with Gasteiger partial charge in [0, 0.05) is 25.2 Å². The fraction of sp³-hybridized carbons (Fsp3) is 0.450. The standard InChI is InChI=1S/C20H23N7O2/c1-2-21-17(28)11-29-18-8-7-16(24-25-18)26-9-3-4-13-10-15-20(23-19(13)26)27(12-22-15)14-5-6-14/h7-8,10,12,14H,2-6,9,11H2,1H3,(H,21,28). The molecule has 1 aliphatic heterocycles. The first-order chi connectivity index (χ1) is 14.2. The maximum atomic E-state index is 11.5. The van der Waals surface area contributed by atoms with Crippen LogP contribution in [0.3, 0.4) is 0 Å². The minimum Gasteiger partial charge on any atom is -0.466 e. The Morgan fingerprint density at radius 1 is 1.31 bits per heavy atom. The lowest BCUT2D eigenvalue weighted by atomic mass is 10.1. The molecule has 3 aromatic heterocycles. The number of anilines is 2. The molecule has 0 radical (unpaired) electrons. The summed E-state index contributed by atoms with van der Waals surface area (Å²) in [6.45, 7) is 3.19. The Kier molecular flexibility index (Phi) is 4.49. The number of amides is 1. The quantitative estimate of drug-likeness (QED) is 0.685. The number of hydrogen-bond acceptors (Lipinski definition) is 7. The SMILES string of the molecule is CCNC(=O)COc1ccc(N2CCCc3cc4ncn(C5CC5)c4nc32)nn1. The molecule has 29 heavy (non-hydrogen) atoms. The number of nitrogens with zero attached hydrogens (tertiary/aromatic N) is 6. The largest absolute Gasteiger partial charge is 0.466 e. The third-order valence-electron chi connectivity index (χ3n) is 5.26. The number of aryl methyl sites for hydroxylation is 1. The summed E-state index contributed by atoms with van der Waals surface area (Å²) in [5.41, 5.74) is 3.08. The fourth-order valence-electron chi connectivity index (χ4n) is 3.70. The fourth-order valence-corrected chi connectivity index (χ4v) is 3.70. The predicted octanol–water partition coefficient (Wildman–Crippen LogP) is 2.16. The highest BCUT2D eigenvalue weighted by molar-refractivity contribution is 5.78. The number of imidazole rings is 1. The molecule has 0 saturated heterocycles. The molecule has 150 valence electrons. The number of fused-ring (bicyclic) bond motifs is 2. The van der Waals surface area contributed by atoms with E-state index in [-0.39, 0.29) is 12.5 Å². The van der Waals surface area contributed by atoms with Gasteiger partial charge in [-0.05, 0) is 50.3 Å². The Bertz CT molecular complexity index is 1040. The summed E-state index contributed by atoms with van der Waals surface area (Å²) in [6, 6.07) is 6.28. The third kappa shape index (κ3) is 3.48. The van der Waals surface area contributed by atoms with Gasteiger partial charge in [-0.3, -0.25) is 4.79 Å². The predicted molar refractivity (Wildman–Crippen MR) is 107 cm³/mol. The van der Waals surface area contributed by atoms with Crippen LogP contribution in [-0.4, -0.2) is 50.3 Å². The van der Waals surface area contributed by atoms with Gasteiger partial charge in [0.2, 0.25) is 5.88 Å². The van der Waals surface area contributed by atoms with Crippen molar-refractivity contribution in [2.24, 2.45) is 0 Å². The Hall–Kier alpha value is -3.23. The highest BCUT2D eigenvalue weighted by Crippen LogP contribution is 2.38. The van der Waals surface area contributed by atoms with E-state index in [1.54, 1.807) is 6.07 Å². The van der Waals surface area contributed by atoms with Crippen LogP contribution in [0, 0.1) is 0 Å². The normalized spacial score (nSPS) is 16.0. The van der Waals surface area contributed by atoms with E-state index in [4.69, 9.17) is 9.72 Å². The molecular weight excluding hydrogens is 370 g/mol. The Balaban J connectivity index is 1.40. The summed E-state index contributed by atoms with van der Waals surface area (Å²) in [5.74, 6) is 1.80. The molecule has 0 aromatic carbocycles. The topological polar surface area (TPSA) is 98.1 Å². The molecular formula is C20H23N7O2. The van der Waals surface area contributed by atoms with E-state index in [9.17, 15) is 4.79 Å². The van der Waals surface area contributed by atoms with Crippen LogP contribution in [0.25, 0.3) is 11.2 Å². The average molecular weight is 393 g/mol. The second-order valence-electron chi connectivity index (χ2n) is 7.42. The van der Waals surface area contributed by atoms with Crippen LogP contribution in [-0.2, 0) is 11.2 Å². The smallest absolute Gasteiger partial charge is 0.257 e. The van der Waals surface area contributed by atoms with Gasteiger partial charge in [0.25, 0.3) is 5.91 Å². The first-order valence-corrected chi connectivity index (χ1v) is 10.1. The number of nitrogens with one attached hydrogen (secondary N) is 1. The van der Waals surface area contributed by atoms with Gasteiger partial charge in [-0.15, -0.1) is 10.2 Å². The van der Waals surface area contributed by atoms with E-state index in [0.717, 1.165) is 42.2 Å². The summed E-state index contributed by atoms with van der Waals surface area (Å²) in [5, 5.41) is 11.1.